The molecule has 2 aromatic rings. The molecule has 0 saturated carbocycles. The number of carbonyl (C=O) groups is 1. The number of alkyl halides is 3. The third-order valence-corrected chi connectivity index (χ3v) is 3.84. The van der Waals surface area contributed by atoms with Gasteiger partial charge in [-0.2, -0.15) is 0 Å². The summed E-state index contributed by atoms with van der Waals surface area (Å²) >= 11 is 0. The maximum absolute atomic E-state index is 14.0. The van der Waals surface area contributed by atoms with E-state index in [1.165, 1.54) is 13.0 Å². The molecule has 6 nitrogen and oxygen atoms in total. The van der Waals surface area contributed by atoms with Gasteiger partial charge in [0.05, 0.1) is 6.54 Å². The van der Waals surface area contributed by atoms with Crippen LogP contribution in [0.5, 0.6) is 5.75 Å². The highest BCUT2D eigenvalue weighted by molar-refractivity contribution is 5.95. The van der Waals surface area contributed by atoms with Gasteiger partial charge in [-0.1, -0.05) is 19.9 Å². The molecule has 1 atom stereocenters. The van der Waals surface area contributed by atoms with Gasteiger partial charge in [0.1, 0.15) is 11.5 Å². The second kappa shape index (κ2) is 8.51. The van der Waals surface area contributed by atoms with Crippen molar-refractivity contribution in [1.29, 1.82) is 0 Å². The molecule has 0 bridgehead atoms. The normalized spacial score (nSPS) is 12.9. The number of hydrogen-bond donors (Lipinski definition) is 2. The molecule has 1 heterocycles. The van der Waals surface area contributed by atoms with Crippen molar-refractivity contribution in [3.05, 3.63) is 57.5 Å². The predicted octanol–water partition coefficient (Wildman–Crippen LogP) is 3.29. The third kappa shape index (κ3) is 5.88. The van der Waals surface area contributed by atoms with Crippen LogP contribution in [0.2, 0.25) is 0 Å². The lowest BCUT2D eigenvalue weighted by atomic mass is 9.95. The average Bonchev–Trinajstić information content (AvgIpc) is 2.55. The van der Waals surface area contributed by atoms with Crippen molar-refractivity contribution in [2.75, 3.05) is 6.54 Å². The quantitative estimate of drug-likeness (QED) is 0.550. The number of aryl methyl sites for hydroxylation is 1. The molecule has 0 aliphatic heterocycles. The second-order valence-corrected chi connectivity index (χ2v) is 6.48. The number of hydrogen-bond acceptors (Lipinski definition) is 5. The summed E-state index contributed by atoms with van der Waals surface area (Å²) in [7, 11) is 0. The Morgan fingerprint density at radius 3 is 2.50 bits per heavy atom. The Morgan fingerprint density at radius 1 is 1.29 bits per heavy atom. The van der Waals surface area contributed by atoms with E-state index in [-0.39, 0.29) is 18.2 Å². The molecular formula is C18H19F4N3O3. The largest absolute Gasteiger partial charge is 0.573 e. The summed E-state index contributed by atoms with van der Waals surface area (Å²) in [5.41, 5.74) is -0.125. The van der Waals surface area contributed by atoms with Gasteiger partial charge in [0.15, 0.2) is 17.3 Å². The molecule has 2 rings (SSSR count). The van der Waals surface area contributed by atoms with Crippen LogP contribution in [0.1, 0.15) is 41.8 Å². The Bertz CT molecular complexity index is 910. The van der Waals surface area contributed by atoms with Crippen LogP contribution >= 0.6 is 0 Å². The summed E-state index contributed by atoms with van der Waals surface area (Å²) in [6.07, 6.45) is -5.00. The molecule has 0 saturated heterocycles. The number of carbonyl (C=O) groups excluding carboxylic acids is 1. The lowest BCUT2D eigenvalue weighted by Crippen LogP contribution is -2.32. The Hall–Kier alpha value is -2.75. The van der Waals surface area contributed by atoms with Gasteiger partial charge in [0.2, 0.25) is 0 Å². The highest BCUT2D eigenvalue weighted by Gasteiger charge is 2.32. The highest BCUT2D eigenvalue weighted by Crippen LogP contribution is 2.29. The van der Waals surface area contributed by atoms with Crippen molar-refractivity contribution < 1.29 is 27.1 Å². The molecule has 0 fully saturated rings. The minimum absolute atomic E-state index is 0.0173. The lowest BCUT2D eigenvalue weighted by Gasteiger charge is -2.23. The van der Waals surface area contributed by atoms with E-state index in [1.807, 2.05) is 0 Å². The Kier molecular flexibility index (Phi) is 6.55. The number of H-pyrrole nitrogens is 1. The molecule has 10 heteroatoms. The van der Waals surface area contributed by atoms with E-state index in [2.05, 4.69) is 20.0 Å². The molecule has 0 aliphatic rings. The summed E-state index contributed by atoms with van der Waals surface area (Å²) in [5, 5.41) is 2.94. The number of Topliss-reactive ketones (excluding diaryl/α,β-unsaturated/α-hetero) is 1. The molecule has 0 radical (unpaired) electrons. The fourth-order valence-electron chi connectivity index (χ4n) is 2.67. The van der Waals surface area contributed by atoms with Gasteiger partial charge in [0.25, 0.3) is 5.56 Å². The monoisotopic (exact) mass is 401 g/mol. The maximum Gasteiger partial charge on any atom is 0.573 e. The van der Waals surface area contributed by atoms with E-state index < -0.39 is 35.3 Å². The summed E-state index contributed by atoms with van der Waals surface area (Å²) in [5.74, 6) is -2.37. The minimum atomic E-state index is -5.00. The molecule has 28 heavy (non-hydrogen) atoms. The summed E-state index contributed by atoms with van der Waals surface area (Å²) in [6.45, 7) is 4.95. The maximum atomic E-state index is 14.0. The van der Waals surface area contributed by atoms with Gasteiger partial charge < -0.3 is 15.0 Å². The molecular weight excluding hydrogens is 382 g/mol. The first kappa shape index (κ1) is 21.5. The zero-order chi connectivity index (χ0) is 21.1. The van der Waals surface area contributed by atoms with Crippen LogP contribution in [-0.4, -0.2) is 28.7 Å². The number of ketones is 1. The van der Waals surface area contributed by atoms with Crippen molar-refractivity contribution >= 4 is 5.78 Å². The fourth-order valence-corrected chi connectivity index (χ4v) is 2.67. The van der Waals surface area contributed by atoms with Crippen LogP contribution in [0.15, 0.2) is 29.1 Å². The number of ether oxygens (including phenoxy) is 1. The number of rotatable bonds is 7. The van der Waals surface area contributed by atoms with E-state index in [0.717, 1.165) is 18.2 Å². The zero-order valence-electron chi connectivity index (χ0n) is 15.4. The molecule has 0 unspecified atom stereocenters. The van der Waals surface area contributed by atoms with Crippen LogP contribution in [0, 0.1) is 18.7 Å². The third-order valence-electron chi connectivity index (χ3n) is 3.84. The second-order valence-electron chi connectivity index (χ2n) is 6.48. The first-order valence-corrected chi connectivity index (χ1v) is 8.36. The van der Waals surface area contributed by atoms with Crippen molar-refractivity contribution in [1.82, 2.24) is 15.3 Å². The van der Waals surface area contributed by atoms with Crippen molar-refractivity contribution in [3.63, 3.8) is 0 Å². The first-order valence-electron chi connectivity index (χ1n) is 8.36. The van der Waals surface area contributed by atoms with Gasteiger partial charge in [-0.3, -0.25) is 9.59 Å². The Balaban J connectivity index is 2.16. The topological polar surface area (TPSA) is 84.1 Å². The number of aromatic nitrogens is 2. The fraction of sp³-hybridized carbons (Fsp3) is 0.389. The van der Waals surface area contributed by atoms with Gasteiger partial charge in [-0.05, 0) is 30.5 Å². The molecule has 152 valence electrons. The highest BCUT2D eigenvalue weighted by atomic mass is 19.4. The summed E-state index contributed by atoms with van der Waals surface area (Å²) in [4.78, 5) is 30.1. The van der Waals surface area contributed by atoms with Gasteiger partial charge in [0, 0.05) is 12.1 Å². The standard InChI is InChI=1S/C18H19F4N3O3/c1-9(2)17(11-4-5-15(12(19)6-11)28-18(20,21)22)23-8-14(26)13-7-16(27)25-10(3)24-13/h4-7,9,17,23H,8H2,1-3H3,(H,24,25,27)/t17-/m1/s1. The summed E-state index contributed by atoms with van der Waals surface area (Å²) in [6, 6.07) is 3.66. The predicted molar refractivity (Wildman–Crippen MR) is 92.6 cm³/mol. The lowest BCUT2D eigenvalue weighted by molar-refractivity contribution is -0.275. The van der Waals surface area contributed by atoms with E-state index in [4.69, 9.17) is 0 Å². The van der Waals surface area contributed by atoms with Crippen LogP contribution in [-0.2, 0) is 0 Å². The zero-order valence-corrected chi connectivity index (χ0v) is 15.4. The smallest absolute Gasteiger partial charge is 0.403 e. The van der Waals surface area contributed by atoms with Crippen molar-refractivity contribution in [2.24, 2.45) is 5.92 Å². The number of aromatic amines is 1. The number of halogens is 4. The average molecular weight is 401 g/mol. The van der Waals surface area contributed by atoms with E-state index in [9.17, 15) is 27.2 Å². The first-order chi connectivity index (χ1) is 13.0. The van der Waals surface area contributed by atoms with E-state index in [0.29, 0.717) is 11.4 Å². The summed E-state index contributed by atoms with van der Waals surface area (Å²) < 4.78 is 54.4. The van der Waals surface area contributed by atoms with E-state index in [1.54, 1.807) is 13.8 Å². The molecule has 0 spiro atoms. The van der Waals surface area contributed by atoms with Crippen molar-refractivity contribution in [3.8, 4) is 5.75 Å². The molecule has 1 aromatic heterocycles. The van der Waals surface area contributed by atoms with Gasteiger partial charge >= 0.3 is 6.36 Å². The van der Waals surface area contributed by atoms with E-state index >= 15 is 0 Å². The molecule has 0 aliphatic carbocycles. The molecule has 1 aromatic carbocycles. The number of nitrogens with one attached hydrogen (secondary N) is 2. The van der Waals surface area contributed by atoms with Gasteiger partial charge in [-0.25, -0.2) is 9.37 Å². The van der Waals surface area contributed by atoms with Gasteiger partial charge in [-0.15, -0.1) is 13.2 Å². The van der Waals surface area contributed by atoms with Crippen LogP contribution in [0.25, 0.3) is 0 Å². The number of benzene rings is 1. The molecule has 0 amide bonds. The number of nitrogens with zero attached hydrogens (tertiary/aromatic N) is 1. The minimum Gasteiger partial charge on any atom is -0.403 e. The van der Waals surface area contributed by atoms with Crippen LogP contribution in [0.4, 0.5) is 17.6 Å². The van der Waals surface area contributed by atoms with Crippen LogP contribution < -0.4 is 15.6 Å². The Morgan fingerprint density at radius 2 is 1.96 bits per heavy atom. The SMILES string of the molecule is Cc1nc(C(=O)CN[C@@H](c2ccc(OC(F)(F)F)c(F)c2)C(C)C)cc(=O)[nH]1. The molecule has 2 N–H and O–H groups in total. The van der Waals surface area contributed by atoms with Crippen LogP contribution in [0.3, 0.4) is 0 Å². The van der Waals surface area contributed by atoms with Crippen molar-refractivity contribution in [2.45, 2.75) is 33.2 Å². The Labute approximate surface area is 157 Å².